The molecule has 0 aliphatic rings. The average molecular weight is 375 g/mol. The number of carboxylic acid groups (broad SMARTS) is 1. The fourth-order valence-corrected chi connectivity index (χ4v) is 3.26. The third-order valence-electron chi connectivity index (χ3n) is 3.98. The number of nitrogens with zero attached hydrogens (tertiary/aromatic N) is 2. The predicted octanol–water partition coefficient (Wildman–Crippen LogP) is 5.05. The molecule has 3 rings (SSSR count). The monoisotopic (exact) mass is 374 g/mol. The summed E-state index contributed by atoms with van der Waals surface area (Å²) in [5, 5.41) is 15.7. The Bertz CT molecular complexity index is 957. The van der Waals surface area contributed by atoms with Crippen molar-refractivity contribution < 1.29 is 9.90 Å². The normalized spacial score (nSPS) is 11.5. The van der Waals surface area contributed by atoms with Crippen LogP contribution in [-0.2, 0) is 17.8 Å². The Morgan fingerprint density at radius 2 is 1.96 bits per heavy atom. The van der Waals surface area contributed by atoms with Crippen LogP contribution in [0.1, 0.15) is 23.7 Å². The molecule has 0 bridgehead atoms. The molecule has 0 fully saturated rings. The van der Waals surface area contributed by atoms with Crippen LogP contribution >= 0.6 is 23.2 Å². The van der Waals surface area contributed by atoms with E-state index in [1.165, 1.54) is 0 Å². The Balaban J connectivity index is 2.10. The maximum atomic E-state index is 10.7. The molecule has 1 heterocycles. The quantitative estimate of drug-likeness (QED) is 0.635. The number of carbonyl (C=O) groups is 1. The highest BCUT2D eigenvalue weighted by Crippen LogP contribution is 2.28. The van der Waals surface area contributed by atoms with Gasteiger partial charge in [-0.3, -0.25) is 4.68 Å². The lowest BCUT2D eigenvalue weighted by atomic mass is 10.1. The molecule has 1 aromatic heterocycles. The Hall–Kier alpha value is -2.30. The Labute approximate surface area is 155 Å². The highest BCUT2D eigenvalue weighted by molar-refractivity contribution is 6.36. The lowest BCUT2D eigenvalue weighted by molar-refractivity contribution is -0.131. The lowest BCUT2D eigenvalue weighted by Crippen LogP contribution is -2.03. The van der Waals surface area contributed by atoms with Crippen molar-refractivity contribution in [2.45, 2.75) is 19.9 Å². The van der Waals surface area contributed by atoms with Crippen molar-refractivity contribution in [1.82, 2.24) is 9.78 Å². The molecule has 128 valence electrons. The lowest BCUT2D eigenvalue weighted by Gasteiger charge is -2.08. The third-order valence-corrected chi connectivity index (χ3v) is 4.68. The van der Waals surface area contributed by atoms with Gasteiger partial charge in [-0.15, -0.1) is 0 Å². The van der Waals surface area contributed by atoms with Crippen molar-refractivity contribution in [2.24, 2.45) is 0 Å². The summed E-state index contributed by atoms with van der Waals surface area (Å²) in [4.78, 5) is 10.7. The van der Waals surface area contributed by atoms with Crippen LogP contribution in [0.5, 0.6) is 0 Å². The molecule has 6 heteroatoms. The fraction of sp³-hybridized carbons (Fsp3) is 0.158. The summed E-state index contributed by atoms with van der Waals surface area (Å²) in [6.45, 7) is 2.49. The van der Waals surface area contributed by atoms with Gasteiger partial charge in [0.15, 0.2) is 0 Å². The van der Waals surface area contributed by atoms with E-state index in [0.717, 1.165) is 40.2 Å². The minimum absolute atomic E-state index is 0.446. The summed E-state index contributed by atoms with van der Waals surface area (Å²) in [7, 11) is 0. The third kappa shape index (κ3) is 3.70. The van der Waals surface area contributed by atoms with Gasteiger partial charge < -0.3 is 5.11 Å². The molecule has 0 unspecified atom stereocenters. The van der Waals surface area contributed by atoms with Crippen LogP contribution in [0.4, 0.5) is 0 Å². The maximum Gasteiger partial charge on any atom is 0.328 e. The Morgan fingerprint density at radius 1 is 1.24 bits per heavy atom. The fourth-order valence-electron chi connectivity index (χ4n) is 2.75. The largest absolute Gasteiger partial charge is 0.478 e. The zero-order valence-corrected chi connectivity index (χ0v) is 15.1. The van der Waals surface area contributed by atoms with Crippen molar-refractivity contribution in [3.8, 4) is 0 Å². The Kier molecular flexibility index (Phi) is 5.11. The molecule has 0 aliphatic heterocycles. The van der Waals surface area contributed by atoms with Gasteiger partial charge >= 0.3 is 5.97 Å². The smallest absolute Gasteiger partial charge is 0.328 e. The van der Waals surface area contributed by atoms with E-state index in [1.807, 2.05) is 35.9 Å². The van der Waals surface area contributed by atoms with Crippen LogP contribution in [0, 0.1) is 0 Å². The first kappa shape index (κ1) is 17.5. The van der Waals surface area contributed by atoms with E-state index in [0.29, 0.717) is 16.6 Å². The van der Waals surface area contributed by atoms with E-state index in [-0.39, 0.29) is 0 Å². The number of hydrogen-bond donors (Lipinski definition) is 1. The van der Waals surface area contributed by atoms with Gasteiger partial charge in [-0.1, -0.05) is 48.3 Å². The van der Waals surface area contributed by atoms with Crippen LogP contribution in [-0.4, -0.2) is 20.9 Å². The molecule has 0 amide bonds. The van der Waals surface area contributed by atoms with Crippen LogP contribution in [0.3, 0.4) is 0 Å². The zero-order chi connectivity index (χ0) is 18.0. The molecule has 1 N–H and O–H groups in total. The summed E-state index contributed by atoms with van der Waals surface area (Å²) in [5.41, 5.74) is 3.50. The van der Waals surface area contributed by atoms with E-state index in [4.69, 9.17) is 28.3 Å². The van der Waals surface area contributed by atoms with Crippen molar-refractivity contribution in [2.75, 3.05) is 0 Å². The van der Waals surface area contributed by atoms with E-state index >= 15 is 0 Å². The average Bonchev–Trinajstić information content (AvgIpc) is 2.93. The maximum absolute atomic E-state index is 10.7. The minimum atomic E-state index is -0.981. The zero-order valence-electron chi connectivity index (χ0n) is 13.5. The number of benzene rings is 2. The summed E-state index contributed by atoms with van der Waals surface area (Å²) in [6, 6.07) is 11.2. The highest BCUT2D eigenvalue weighted by atomic mass is 35.5. The molecule has 0 spiro atoms. The number of carboxylic acids is 1. The molecular formula is C19H16Cl2N2O2. The Morgan fingerprint density at radius 3 is 2.60 bits per heavy atom. The SMILES string of the molecule is CCc1nn(Cc2c(Cl)cccc2Cl)c2cc(/C=C/C(=O)O)ccc12. The van der Waals surface area contributed by atoms with E-state index < -0.39 is 5.97 Å². The summed E-state index contributed by atoms with van der Waals surface area (Å²) in [6.07, 6.45) is 3.48. The number of halogens is 2. The molecule has 4 nitrogen and oxygen atoms in total. The number of aromatic nitrogens is 2. The standard InChI is InChI=1S/C19H16Cl2N2O2/c1-2-17-13-8-6-12(7-9-19(24)25)10-18(13)23(22-17)11-14-15(20)4-3-5-16(14)21/h3-10H,2,11H2,1H3,(H,24,25)/b9-7+. The molecule has 25 heavy (non-hydrogen) atoms. The first-order valence-corrected chi connectivity index (χ1v) is 8.58. The van der Waals surface area contributed by atoms with Crippen LogP contribution in [0.2, 0.25) is 10.0 Å². The molecule has 2 aromatic carbocycles. The van der Waals surface area contributed by atoms with Gasteiger partial charge in [0.1, 0.15) is 0 Å². The molecule has 0 radical (unpaired) electrons. The van der Waals surface area contributed by atoms with Crippen molar-refractivity contribution >= 4 is 46.2 Å². The van der Waals surface area contributed by atoms with Crippen LogP contribution in [0.15, 0.2) is 42.5 Å². The van der Waals surface area contributed by atoms with Gasteiger partial charge in [0.05, 0.1) is 17.8 Å². The highest BCUT2D eigenvalue weighted by Gasteiger charge is 2.13. The van der Waals surface area contributed by atoms with Crippen molar-refractivity contribution in [3.63, 3.8) is 0 Å². The number of hydrogen-bond acceptors (Lipinski definition) is 2. The van der Waals surface area contributed by atoms with Gasteiger partial charge in [-0.25, -0.2) is 4.79 Å². The van der Waals surface area contributed by atoms with Gasteiger partial charge in [-0.05, 0) is 36.3 Å². The molecule has 0 saturated carbocycles. The second-order valence-electron chi connectivity index (χ2n) is 5.61. The summed E-state index contributed by atoms with van der Waals surface area (Å²) in [5.74, 6) is -0.981. The van der Waals surface area contributed by atoms with Crippen molar-refractivity contribution in [3.05, 3.63) is 69.3 Å². The molecule has 0 saturated heterocycles. The van der Waals surface area contributed by atoms with E-state index in [9.17, 15) is 4.79 Å². The van der Waals surface area contributed by atoms with Crippen LogP contribution in [0.25, 0.3) is 17.0 Å². The summed E-state index contributed by atoms with van der Waals surface area (Å²) < 4.78 is 1.86. The van der Waals surface area contributed by atoms with Gasteiger partial charge in [0.2, 0.25) is 0 Å². The first-order chi connectivity index (χ1) is 12.0. The first-order valence-electron chi connectivity index (χ1n) is 7.83. The topological polar surface area (TPSA) is 55.1 Å². The van der Waals surface area contributed by atoms with Gasteiger partial charge in [0.25, 0.3) is 0 Å². The molecule has 3 aromatic rings. The number of rotatable bonds is 5. The van der Waals surface area contributed by atoms with E-state index in [1.54, 1.807) is 18.2 Å². The molecule has 0 aliphatic carbocycles. The van der Waals surface area contributed by atoms with Gasteiger partial charge in [0, 0.05) is 27.1 Å². The van der Waals surface area contributed by atoms with Crippen molar-refractivity contribution in [1.29, 1.82) is 0 Å². The number of fused-ring (bicyclic) bond motifs is 1. The summed E-state index contributed by atoms with van der Waals surface area (Å²) >= 11 is 12.6. The van der Waals surface area contributed by atoms with Gasteiger partial charge in [-0.2, -0.15) is 5.10 Å². The number of aryl methyl sites for hydroxylation is 1. The second-order valence-corrected chi connectivity index (χ2v) is 6.42. The van der Waals surface area contributed by atoms with E-state index in [2.05, 4.69) is 5.10 Å². The van der Waals surface area contributed by atoms with Crippen LogP contribution < -0.4 is 0 Å². The minimum Gasteiger partial charge on any atom is -0.478 e. The molecular weight excluding hydrogens is 359 g/mol. The predicted molar refractivity (Wildman–Crippen MR) is 101 cm³/mol. The number of aliphatic carboxylic acids is 1. The molecule has 0 atom stereocenters. The second kappa shape index (κ2) is 7.30.